The zero-order valence-corrected chi connectivity index (χ0v) is 13.2. The van der Waals surface area contributed by atoms with E-state index in [2.05, 4.69) is 4.98 Å². The van der Waals surface area contributed by atoms with E-state index in [1.807, 2.05) is 32.0 Å². The summed E-state index contributed by atoms with van der Waals surface area (Å²) in [6.07, 6.45) is 3.67. The number of carbonyl (C=O) groups excluding carboxylic acids is 1. The topological polar surface area (TPSA) is 45.6 Å². The van der Waals surface area contributed by atoms with Gasteiger partial charge in [0.15, 0.2) is 0 Å². The van der Waals surface area contributed by atoms with Crippen LogP contribution in [0.1, 0.15) is 25.8 Å². The van der Waals surface area contributed by atoms with E-state index in [9.17, 15) is 4.79 Å². The summed E-state index contributed by atoms with van der Waals surface area (Å²) in [6, 6.07) is 9.22. The summed E-state index contributed by atoms with van der Waals surface area (Å²) in [5, 5.41) is 0.597. The number of carbonyl (C=O) groups is 1. The van der Waals surface area contributed by atoms with Gasteiger partial charge in [0, 0.05) is 23.5 Å². The molecule has 1 aliphatic rings. The Morgan fingerprint density at radius 1 is 1.18 bits per heavy atom. The highest BCUT2D eigenvalue weighted by Crippen LogP contribution is 2.36. The molecule has 2 heterocycles. The molecule has 3 rings (SSSR count). The summed E-state index contributed by atoms with van der Waals surface area (Å²) in [7, 11) is 0. The first-order valence-corrected chi connectivity index (χ1v) is 7.53. The van der Waals surface area contributed by atoms with Crippen LogP contribution in [0.4, 0.5) is 11.4 Å². The van der Waals surface area contributed by atoms with E-state index in [0.29, 0.717) is 5.02 Å². The number of benzene rings is 1. The molecule has 0 saturated heterocycles. The summed E-state index contributed by atoms with van der Waals surface area (Å²) in [6.45, 7) is 3.97. The van der Waals surface area contributed by atoms with E-state index in [1.54, 1.807) is 29.4 Å². The van der Waals surface area contributed by atoms with E-state index >= 15 is 0 Å². The molecule has 22 heavy (non-hydrogen) atoms. The molecule has 0 saturated carbocycles. The van der Waals surface area contributed by atoms with E-state index in [4.69, 9.17) is 16.6 Å². The van der Waals surface area contributed by atoms with Crippen molar-refractivity contribution in [1.82, 2.24) is 4.98 Å². The van der Waals surface area contributed by atoms with Crippen LogP contribution in [0, 0.1) is 0 Å². The number of hydrogen-bond donors (Lipinski definition) is 0. The molecule has 0 atom stereocenters. The van der Waals surface area contributed by atoms with Gasteiger partial charge in [-0.3, -0.25) is 14.8 Å². The van der Waals surface area contributed by atoms with Gasteiger partial charge in [-0.2, -0.15) is 0 Å². The Labute approximate surface area is 134 Å². The predicted octanol–water partition coefficient (Wildman–Crippen LogP) is 4.00. The average molecular weight is 314 g/mol. The minimum atomic E-state index is 0.0200. The highest BCUT2D eigenvalue weighted by Gasteiger charge is 2.27. The lowest BCUT2D eigenvalue weighted by Gasteiger charge is -2.26. The predicted molar refractivity (Wildman–Crippen MR) is 89.1 cm³/mol. The number of pyridine rings is 1. The van der Waals surface area contributed by atoms with Crippen molar-refractivity contribution in [1.29, 1.82) is 0 Å². The van der Waals surface area contributed by atoms with Crippen molar-refractivity contribution in [3.05, 3.63) is 53.3 Å². The Bertz CT molecular complexity index is 741. The number of anilines is 1. The number of halogens is 1. The molecule has 0 unspecified atom stereocenters. The van der Waals surface area contributed by atoms with Gasteiger partial charge >= 0.3 is 0 Å². The number of rotatable bonds is 2. The van der Waals surface area contributed by atoms with Crippen LogP contribution in [0.25, 0.3) is 0 Å². The first kappa shape index (κ1) is 14.7. The molecule has 0 N–H and O–H groups in total. The Balaban J connectivity index is 2.16. The van der Waals surface area contributed by atoms with Gasteiger partial charge in [0.25, 0.3) is 0 Å². The normalized spacial score (nSPS) is 14.6. The van der Waals surface area contributed by atoms with E-state index < -0.39 is 0 Å². The van der Waals surface area contributed by atoms with Crippen LogP contribution < -0.4 is 4.90 Å². The van der Waals surface area contributed by atoms with Gasteiger partial charge in [-0.1, -0.05) is 11.6 Å². The maximum atomic E-state index is 12.7. The van der Waals surface area contributed by atoms with Crippen LogP contribution in [0.15, 0.2) is 47.7 Å². The smallest absolute Gasteiger partial charge is 0.233 e. The lowest BCUT2D eigenvalue weighted by Crippen LogP contribution is -2.37. The van der Waals surface area contributed by atoms with Gasteiger partial charge in [-0.25, -0.2) is 0 Å². The van der Waals surface area contributed by atoms with Crippen molar-refractivity contribution in [3.8, 4) is 0 Å². The molecule has 1 aromatic heterocycles. The van der Waals surface area contributed by atoms with Gasteiger partial charge < -0.3 is 4.90 Å². The second kappa shape index (κ2) is 5.89. The van der Waals surface area contributed by atoms with Crippen molar-refractivity contribution in [2.24, 2.45) is 4.99 Å². The quantitative estimate of drug-likeness (QED) is 0.841. The average Bonchev–Trinajstić information content (AvgIpc) is 2.63. The van der Waals surface area contributed by atoms with Gasteiger partial charge in [0.1, 0.15) is 0 Å². The Morgan fingerprint density at radius 2 is 1.91 bits per heavy atom. The third-order valence-corrected chi connectivity index (χ3v) is 3.80. The molecule has 0 radical (unpaired) electrons. The highest BCUT2D eigenvalue weighted by molar-refractivity contribution is 6.31. The molecular formula is C17H16ClN3O. The Hall–Kier alpha value is -2.20. The molecule has 0 aliphatic carbocycles. The number of nitrogens with zero attached hydrogens (tertiary/aromatic N) is 3. The van der Waals surface area contributed by atoms with E-state index in [0.717, 1.165) is 22.6 Å². The van der Waals surface area contributed by atoms with Gasteiger partial charge in [-0.05, 0) is 49.7 Å². The maximum absolute atomic E-state index is 12.7. The van der Waals surface area contributed by atoms with Crippen LogP contribution >= 0.6 is 11.6 Å². The minimum absolute atomic E-state index is 0.0200. The van der Waals surface area contributed by atoms with Crippen LogP contribution in [-0.4, -0.2) is 22.6 Å². The molecule has 112 valence electrons. The number of amides is 1. The van der Waals surface area contributed by atoms with Crippen LogP contribution in [-0.2, 0) is 4.79 Å². The van der Waals surface area contributed by atoms with Crippen LogP contribution in [0.3, 0.4) is 0 Å². The monoisotopic (exact) mass is 313 g/mol. The fourth-order valence-corrected chi connectivity index (χ4v) is 2.78. The van der Waals surface area contributed by atoms with E-state index in [1.165, 1.54) is 0 Å². The number of hydrogen-bond acceptors (Lipinski definition) is 3. The second-order valence-corrected chi connectivity index (χ2v) is 5.90. The fraction of sp³-hybridized carbons (Fsp3) is 0.235. The zero-order valence-electron chi connectivity index (χ0n) is 12.5. The summed E-state index contributed by atoms with van der Waals surface area (Å²) >= 11 is 6.11. The van der Waals surface area contributed by atoms with Gasteiger partial charge in [0.05, 0.1) is 23.5 Å². The molecule has 2 aromatic rings. The summed E-state index contributed by atoms with van der Waals surface area (Å²) in [5.41, 5.74) is 3.18. The first-order valence-electron chi connectivity index (χ1n) is 7.16. The molecule has 0 spiro atoms. The second-order valence-electron chi connectivity index (χ2n) is 5.46. The maximum Gasteiger partial charge on any atom is 0.233 e. The minimum Gasteiger partial charge on any atom is -0.307 e. The van der Waals surface area contributed by atoms with E-state index in [-0.39, 0.29) is 18.4 Å². The Kier molecular flexibility index (Phi) is 3.94. The summed E-state index contributed by atoms with van der Waals surface area (Å²) in [5.74, 6) is 0.0200. The number of aromatic nitrogens is 1. The first-order chi connectivity index (χ1) is 10.6. The van der Waals surface area contributed by atoms with Crippen molar-refractivity contribution < 1.29 is 4.79 Å². The standard InChI is InChI=1S/C17H16ClN3O/c1-11(2)21-16-9-13(18)3-4-14(16)20-15(10-17(21)22)12-5-7-19-8-6-12/h3-9,11H,10H2,1-2H3. The molecule has 0 bridgehead atoms. The molecule has 1 amide bonds. The van der Waals surface area contributed by atoms with Crippen molar-refractivity contribution in [2.75, 3.05) is 4.90 Å². The third kappa shape index (κ3) is 2.74. The molecule has 1 aliphatic heterocycles. The lowest BCUT2D eigenvalue weighted by molar-refractivity contribution is -0.117. The molecule has 1 aromatic carbocycles. The number of aliphatic imine (C=N–C) groups is 1. The summed E-state index contributed by atoms with van der Waals surface area (Å²) in [4.78, 5) is 23.2. The zero-order chi connectivity index (χ0) is 15.7. The SMILES string of the molecule is CC(C)N1C(=O)CC(c2ccncc2)=Nc2ccc(Cl)cc21. The fourth-order valence-electron chi connectivity index (χ4n) is 2.61. The van der Waals surface area contributed by atoms with Crippen molar-refractivity contribution in [2.45, 2.75) is 26.3 Å². The van der Waals surface area contributed by atoms with Crippen molar-refractivity contribution >= 4 is 34.6 Å². The van der Waals surface area contributed by atoms with Crippen LogP contribution in [0.5, 0.6) is 0 Å². The highest BCUT2D eigenvalue weighted by atomic mass is 35.5. The number of fused-ring (bicyclic) bond motifs is 1. The molecule has 5 heteroatoms. The summed E-state index contributed by atoms with van der Waals surface area (Å²) < 4.78 is 0. The van der Waals surface area contributed by atoms with Gasteiger partial charge in [0.2, 0.25) is 5.91 Å². The van der Waals surface area contributed by atoms with Gasteiger partial charge in [-0.15, -0.1) is 0 Å². The van der Waals surface area contributed by atoms with Crippen molar-refractivity contribution in [3.63, 3.8) is 0 Å². The molecular weight excluding hydrogens is 298 g/mol. The Morgan fingerprint density at radius 3 is 2.59 bits per heavy atom. The molecule has 0 fully saturated rings. The third-order valence-electron chi connectivity index (χ3n) is 3.57. The lowest BCUT2D eigenvalue weighted by atomic mass is 10.1. The van der Waals surface area contributed by atoms with Crippen LogP contribution in [0.2, 0.25) is 5.02 Å². The largest absolute Gasteiger partial charge is 0.307 e. The molecule has 4 nitrogen and oxygen atoms in total.